The van der Waals surface area contributed by atoms with Crippen LogP contribution in [0.2, 0.25) is 0 Å². The maximum absolute atomic E-state index is 5.35. The van der Waals surface area contributed by atoms with Crippen molar-refractivity contribution in [3.63, 3.8) is 0 Å². The molecule has 0 bridgehead atoms. The fourth-order valence-electron chi connectivity index (χ4n) is 0. The van der Waals surface area contributed by atoms with Crippen molar-refractivity contribution < 1.29 is 10.2 Å². The van der Waals surface area contributed by atoms with Gasteiger partial charge in [0.25, 0.3) is 0 Å². The van der Waals surface area contributed by atoms with Crippen LogP contribution in [0, 0.1) is 0 Å². The third kappa shape index (κ3) is 3850. The molecule has 48 valence electrons. The van der Waals surface area contributed by atoms with Crippen LogP contribution in [0.25, 0.3) is 0 Å². The monoisotopic (exact) mass is 111 g/mol. The molecule has 0 spiro atoms. The molecule has 0 radical (unpaired) electrons. The fourth-order valence-corrected chi connectivity index (χ4v) is 0. The number of hydrogen-bond donors (Lipinski definition) is 1. The highest BCUT2D eigenvalue weighted by atomic mass is 19.0. The van der Waals surface area contributed by atoms with Gasteiger partial charge >= 0.3 is 0 Å². The van der Waals surface area contributed by atoms with E-state index < -0.39 is 0 Å². The van der Waals surface area contributed by atoms with Crippen LogP contribution in [0.15, 0.2) is 0 Å². The molecule has 2 nitrogen and oxygen atoms in total. The molecule has 0 aromatic rings. The van der Waals surface area contributed by atoms with Crippen molar-refractivity contribution >= 4 is 0 Å². The van der Waals surface area contributed by atoms with Gasteiger partial charge in [0.2, 0.25) is 0 Å². The molecule has 0 aromatic heterocycles. The Balaban J connectivity index is -0.0000000800. The summed E-state index contributed by atoms with van der Waals surface area (Å²) in [5, 5.41) is 0. The van der Waals surface area contributed by atoms with E-state index in [2.05, 4.69) is 0 Å². The van der Waals surface area contributed by atoms with Gasteiger partial charge in [-0.25, -0.2) is 0 Å². The number of rotatable bonds is 0. The van der Waals surface area contributed by atoms with E-state index in [1.54, 1.807) is 0 Å². The van der Waals surface area contributed by atoms with Crippen LogP contribution >= 0.6 is 0 Å². The molecular weight excluding hydrogens is 97.0 g/mol. The van der Waals surface area contributed by atoms with Crippen LogP contribution in [0.5, 0.6) is 0 Å². The van der Waals surface area contributed by atoms with E-state index in [-0.39, 0.29) is 15.7 Å². The van der Waals surface area contributed by atoms with Gasteiger partial charge in [-0.2, -0.15) is 0 Å². The maximum Gasteiger partial charge on any atom is 0.00686 e. The smallest absolute Gasteiger partial charge is 0.00686 e. The van der Waals surface area contributed by atoms with E-state index in [1.165, 1.54) is 0 Å². The second kappa shape index (κ2) is 4.02. The van der Waals surface area contributed by atoms with Gasteiger partial charge in [-0.05, 0) is 20.8 Å². The summed E-state index contributed by atoms with van der Waals surface area (Å²) < 4.78 is 0. The first kappa shape index (κ1) is 15.8. The summed E-state index contributed by atoms with van der Waals surface area (Å²) in [6, 6.07) is 0. The Labute approximate surface area is 43.4 Å². The first-order valence-electron chi connectivity index (χ1n) is 1.79. The number of halogens is 1. The lowest BCUT2D eigenvalue weighted by Crippen LogP contribution is -2.26. The molecule has 0 atom stereocenters. The molecule has 0 amide bonds. The Morgan fingerprint density at radius 2 is 1.14 bits per heavy atom. The van der Waals surface area contributed by atoms with Gasteiger partial charge in [-0.1, -0.05) is 0 Å². The van der Waals surface area contributed by atoms with Crippen molar-refractivity contribution in [3.05, 3.63) is 0 Å². The van der Waals surface area contributed by atoms with Crippen LogP contribution in [0.1, 0.15) is 20.8 Å². The van der Waals surface area contributed by atoms with E-state index in [1.807, 2.05) is 20.8 Å². The molecule has 0 aliphatic heterocycles. The van der Waals surface area contributed by atoms with E-state index in [0.717, 1.165) is 0 Å². The summed E-state index contributed by atoms with van der Waals surface area (Å²) in [6.07, 6.45) is 0. The lowest BCUT2D eigenvalue weighted by molar-refractivity contribution is 0.580. The second-order valence-electron chi connectivity index (χ2n) is 2.37. The molecule has 3 heteroatoms. The molecule has 0 aliphatic carbocycles. The fraction of sp³-hybridized carbons (Fsp3) is 1.00. The summed E-state index contributed by atoms with van der Waals surface area (Å²) in [6.45, 7) is 5.90. The molecule has 0 rings (SSSR count). The molecule has 0 aromatic carbocycles. The van der Waals surface area contributed by atoms with E-state index in [4.69, 9.17) is 5.73 Å². The number of hydrogen-bond acceptors (Lipinski definition) is 1. The van der Waals surface area contributed by atoms with Gasteiger partial charge in [0.15, 0.2) is 0 Å². The van der Waals surface area contributed by atoms with Crippen molar-refractivity contribution in [2.75, 3.05) is 0 Å². The third-order valence-electron chi connectivity index (χ3n) is 0. The lowest BCUT2D eigenvalue weighted by atomic mass is 10.1. The van der Waals surface area contributed by atoms with Gasteiger partial charge in [0.1, 0.15) is 0 Å². The van der Waals surface area contributed by atoms with Gasteiger partial charge in [-0.15, -0.1) is 0 Å². The molecule has 0 aliphatic rings. The van der Waals surface area contributed by atoms with Crippen LogP contribution in [-0.2, 0) is 0 Å². The molecular formula is C4H14FNO. The zero-order valence-electron chi connectivity index (χ0n) is 4.99. The minimum absolute atomic E-state index is 0. The first-order valence-corrected chi connectivity index (χ1v) is 1.79. The van der Waals surface area contributed by atoms with E-state index in [0.29, 0.717) is 0 Å². The van der Waals surface area contributed by atoms with Crippen molar-refractivity contribution in [1.29, 1.82) is 0 Å². The predicted molar refractivity (Wildman–Crippen MR) is 30.1 cm³/mol. The Morgan fingerprint density at radius 3 is 1.14 bits per heavy atom. The maximum atomic E-state index is 5.35. The molecule has 0 heterocycles. The number of nitrogens with two attached hydrogens (primary N) is 1. The lowest BCUT2D eigenvalue weighted by Gasteiger charge is -2.06. The molecule has 0 saturated carbocycles. The first-order chi connectivity index (χ1) is 2.00. The molecule has 7 heavy (non-hydrogen) atoms. The zero-order chi connectivity index (χ0) is 4.50. The minimum atomic E-state index is 0. The van der Waals surface area contributed by atoms with Crippen LogP contribution in [-0.4, -0.2) is 11.0 Å². The van der Waals surface area contributed by atoms with Gasteiger partial charge in [0.05, 0.1) is 0 Å². The quantitative estimate of drug-likeness (QED) is 0.472. The Morgan fingerprint density at radius 1 is 1.14 bits per heavy atom. The standard InChI is InChI=1S/C4H11N.FH.H2O/c1-4(2,3)5;;/h5H2,1-3H3;1H;1H2. The highest BCUT2D eigenvalue weighted by Crippen LogP contribution is 1.88. The SMILES string of the molecule is CC(C)(C)N.F.O. The van der Waals surface area contributed by atoms with E-state index in [9.17, 15) is 0 Å². The van der Waals surface area contributed by atoms with Gasteiger partial charge in [0, 0.05) is 5.54 Å². The highest BCUT2D eigenvalue weighted by molar-refractivity contribution is 4.60. The Hall–Kier alpha value is -0.150. The van der Waals surface area contributed by atoms with Crippen LogP contribution in [0.3, 0.4) is 0 Å². The topological polar surface area (TPSA) is 57.5 Å². The molecule has 0 fully saturated rings. The van der Waals surface area contributed by atoms with E-state index >= 15 is 0 Å². The average Bonchev–Trinajstić information content (AvgIpc) is 0.722. The largest absolute Gasteiger partial charge is 0.412 e. The molecule has 0 saturated heterocycles. The normalized spacial score (nSPS) is 8.57. The van der Waals surface area contributed by atoms with Gasteiger partial charge < -0.3 is 11.2 Å². The van der Waals surface area contributed by atoms with Crippen molar-refractivity contribution in [2.24, 2.45) is 5.73 Å². The van der Waals surface area contributed by atoms with Gasteiger partial charge in [-0.3, -0.25) is 4.70 Å². The van der Waals surface area contributed by atoms with Crippen molar-refractivity contribution in [1.82, 2.24) is 0 Å². The minimum Gasteiger partial charge on any atom is -0.412 e. The zero-order valence-corrected chi connectivity index (χ0v) is 4.99. The van der Waals surface area contributed by atoms with Crippen LogP contribution in [0.4, 0.5) is 4.70 Å². The average molecular weight is 111 g/mol. The summed E-state index contributed by atoms with van der Waals surface area (Å²) in [5.74, 6) is 0. The summed E-state index contributed by atoms with van der Waals surface area (Å²) in [5.41, 5.74) is 5.35. The van der Waals surface area contributed by atoms with Crippen LogP contribution < -0.4 is 5.73 Å². The Bertz CT molecular complexity index is 27.2. The Kier molecular flexibility index (Phi) is 9.08. The third-order valence-corrected chi connectivity index (χ3v) is 0. The summed E-state index contributed by atoms with van der Waals surface area (Å²) in [4.78, 5) is 0. The molecule has 0 unspecified atom stereocenters. The molecule has 4 N–H and O–H groups in total. The van der Waals surface area contributed by atoms with Crippen molar-refractivity contribution in [3.8, 4) is 0 Å². The van der Waals surface area contributed by atoms with Crippen molar-refractivity contribution in [2.45, 2.75) is 26.3 Å². The second-order valence-corrected chi connectivity index (χ2v) is 2.37. The highest BCUT2D eigenvalue weighted by Gasteiger charge is 1.95. The summed E-state index contributed by atoms with van der Waals surface area (Å²) >= 11 is 0. The summed E-state index contributed by atoms with van der Waals surface area (Å²) in [7, 11) is 0. The predicted octanol–water partition coefficient (Wildman–Crippen LogP) is 0.0714.